The fraction of sp³-hybridized carbons (Fsp3) is 0.0154. The smallest absolute Gasteiger partial charge is 0.000741 e. The molecule has 0 unspecified atom stereocenters. The quantitative estimate of drug-likeness (QED) is 0.141. The van der Waals surface area contributed by atoms with Crippen molar-refractivity contribution in [3.05, 3.63) is 254 Å². The molecule has 0 N–H and O–H groups in total. The first kappa shape index (κ1) is 37.3. The number of hydrogen-bond acceptors (Lipinski definition) is 0. The van der Waals surface area contributed by atoms with Crippen LogP contribution in [-0.4, -0.2) is 0 Å². The molecule has 302 valence electrons. The van der Waals surface area contributed by atoms with Crippen LogP contribution < -0.4 is 0 Å². The average Bonchev–Trinajstić information content (AvgIpc) is 3.70. The van der Waals surface area contributed by atoms with Gasteiger partial charge in [-0.2, -0.15) is 0 Å². The summed E-state index contributed by atoms with van der Waals surface area (Å²) in [7, 11) is 0. The molecule has 1 aliphatic carbocycles. The van der Waals surface area contributed by atoms with E-state index in [4.69, 9.17) is 0 Å². The summed E-state index contributed by atoms with van der Waals surface area (Å²) in [6, 6.07) is 89.8. The van der Waals surface area contributed by atoms with Gasteiger partial charge in [0, 0.05) is 0 Å². The lowest BCUT2D eigenvalue weighted by atomic mass is 9.82. The van der Waals surface area contributed by atoms with Crippen LogP contribution in [0.15, 0.2) is 243 Å². The molecule has 0 heteroatoms. The second-order valence-corrected chi connectivity index (χ2v) is 17.5. The second kappa shape index (κ2) is 15.2. The van der Waals surface area contributed by atoms with Gasteiger partial charge >= 0.3 is 0 Å². The van der Waals surface area contributed by atoms with Gasteiger partial charge in [0.2, 0.25) is 0 Å². The molecule has 0 saturated carbocycles. The molecular weight excluding hydrogens is 781 g/mol. The van der Waals surface area contributed by atoms with Gasteiger partial charge in [-0.3, -0.25) is 0 Å². The molecule has 0 saturated heterocycles. The van der Waals surface area contributed by atoms with Crippen LogP contribution in [0, 0.1) is 0 Å². The van der Waals surface area contributed by atoms with E-state index in [2.05, 4.69) is 243 Å². The lowest BCUT2D eigenvalue weighted by molar-refractivity contribution is 1.19. The minimum absolute atomic E-state index is 0.865. The first-order valence-electron chi connectivity index (χ1n) is 22.7. The van der Waals surface area contributed by atoms with Gasteiger partial charge in [-0.1, -0.05) is 237 Å². The van der Waals surface area contributed by atoms with Gasteiger partial charge in [0.05, 0.1) is 0 Å². The molecule has 0 nitrogen and oxygen atoms in total. The molecule has 0 aromatic heterocycles. The van der Waals surface area contributed by atoms with Crippen LogP contribution in [-0.2, 0) is 6.42 Å². The Kier molecular flexibility index (Phi) is 8.71. The number of benzene rings is 12. The summed E-state index contributed by atoms with van der Waals surface area (Å²) in [5, 5.41) is 10.3. The molecule has 65 heavy (non-hydrogen) atoms. The Bertz CT molecular complexity index is 3730. The Hall–Kier alpha value is -8.32. The molecule has 0 aliphatic heterocycles. The third-order valence-electron chi connectivity index (χ3n) is 13.8. The minimum atomic E-state index is 0.865. The van der Waals surface area contributed by atoms with E-state index < -0.39 is 0 Å². The highest BCUT2D eigenvalue weighted by atomic mass is 14.3. The minimum Gasteiger partial charge on any atom is -0.0622 e. The van der Waals surface area contributed by atoms with Crippen molar-refractivity contribution in [1.82, 2.24) is 0 Å². The number of hydrogen-bond donors (Lipinski definition) is 0. The molecule has 0 spiro atoms. The normalized spacial score (nSPS) is 11.8. The summed E-state index contributed by atoms with van der Waals surface area (Å²) in [5.74, 6) is 0. The predicted octanol–water partition coefficient (Wildman–Crippen LogP) is 17.9. The van der Waals surface area contributed by atoms with Gasteiger partial charge in [-0.25, -0.2) is 0 Å². The lowest BCUT2D eigenvalue weighted by Crippen LogP contribution is -1.94. The van der Waals surface area contributed by atoms with Crippen LogP contribution in [0.3, 0.4) is 0 Å². The average molecular weight is 823 g/mol. The van der Waals surface area contributed by atoms with E-state index in [0.29, 0.717) is 0 Å². The standard InChI is InChI=1S/C65H42/c1-4-16-45(17-5-1)59-51-24-10-12-26-53(51)60(54-27-13-11-25-52(54)59)49-36-32-43(33-37-49)40-42-30-34-44(35-31-42)50-38-39-55-58(41-50)63(48-20-8-3-9-21-48)65-57-29-15-23-46-22-14-28-56(61(46)57)64(65)62(55)47-18-6-2-7-19-47/h1-39,41H,40H2. The van der Waals surface area contributed by atoms with E-state index in [1.165, 1.54) is 132 Å². The SMILES string of the molecule is c1ccc(-c2c3c(c(-c4ccccc4)c4cc(-c5ccc(Cc6ccc(-c7c8ccccc8c(-c8ccccc8)c8ccccc78)cc6)cc5)ccc24)-c2cccc4cccc-3c24)cc1. The molecule has 12 aromatic rings. The van der Waals surface area contributed by atoms with Crippen LogP contribution in [0.1, 0.15) is 11.1 Å². The van der Waals surface area contributed by atoms with Gasteiger partial charge in [0.25, 0.3) is 0 Å². The Morgan fingerprint density at radius 1 is 0.215 bits per heavy atom. The van der Waals surface area contributed by atoms with E-state index in [1.54, 1.807) is 0 Å². The zero-order valence-electron chi connectivity index (χ0n) is 35.8. The highest BCUT2D eigenvalue weighted by molar-refractivity contribution is 6.28. The zero-order valence-corrected chi connectivity index (χ0v) is 35.8. The van der Waals surface area contributed by atoms with Gasteiger partial charge in [-0.05, 0) is 145 Å². The number of fused-ring (bicyclic) bond motifs is 6. The summed E-state index contributed by atoms with van der Waals surface area (Å²) >= 11 is 0. The van der Waals surface area contributed by atoms with Crippen molar-refractivity contribution < 1.29 is 0 Å². The molecule has 0 fully saturated rings. The van der Waals surface area contributed by atoms with E-state index in [0.717, 1.165) is 6.42 Å². The van der Waals surface area contributed by atoms with E-state index in [-0.39, 0.29) is 0 Å². The predicted molar refractivity (Wildman–Crippen MR) is 277 cm³/mol. The summed E-state index contributed by atoms with van der Waals surface area (Å²) < 4.78 is 0. The Morgan fingerprint density at radius 3 is 1.06 bits per heavy atom. The summed E-state index contributed by atoms with van der Waals surface area (Å²) in [6.07, 6.45) is 0.865. The monoisotopic (exact) mass is 822 g/mol. The van der Waals surface area contributed by atoms with Crippen LogP contribution >= 0.6 is 0 Å². The van der Waals surface area contributed by atoms with Gasteiger partial charge in [0.1, 0.15) is 0 Å². The van der Waals surface area contributed by atoms with Crippen molar-refractivity contribution in [2.24, 2.45) is 0 Å². The molecule has 0 amide bonds. The fourth-order valence-corrected chi connectivity index (χ4v) is 11.0. The van der Waals surface area contributed by atoms with Gasteiger partial charge in [-0.15, -0.1) is 0 Å². The highest BCUT2D eigenvalue weighted by Gasteiger charge is 2.30. The molecular formula is C65H42. The van der Waals surface area contributed by atoms with Crippen molar-refractivity contribution in [3.63, 3.8) is 0 Å². The van der Waals surface area contributed by atoms with Crippen molar-refractivity contribution in [2.75, 3.05) is 0 Å². The summed E-state index contributed by atoms with van der Waals surface area (Å²) in [6.45, 7) is 0. The van der Waals surface area contributed by atoms with E-state index in [1.807, 2.05) is 0 Å². The van der Waals surface area contributed by atoms with Crippen LogP contribution in [0.2, 0.25) is 0 Å². The molecule has 0 radical (unpaired) electrons. The van der Waals surface area contributed by atoms with Crippen LogP contribution in [0.5, 0.6) is 0 Å². The van der Waals surface area contributed by atoms with E-state index in [9.17, 15) is 0 Å². The largest absolute Gasteiger partial charge is 0.0622 e. The first-order valence-corrected chi connectivity index (χ1v) is 22.7. The molecule has 13 rings (SSSR count). The highest BCUT2D eigenvalue weighted by Crippen LogP contribution is 2.58. The van der Waals surface area contributed by atoms with Crippen molar-refractivity contribution in [2.45, 2.75) is 6.42 Å². The maximum Gasteiger partial charge on any atom is -0.000741 e. The van der Waals surface area contributed by atoms with Crippen molar-refractivity contribution >= 4 is 43.1 Å². The third-order valence-corrected chi connectivity index (χ3v) is 13.8. The molecule has 0 atom stereocenters. The van der Waals surface area contributed by atoms with Gasteiger partial charge in [0.15, 0.2) is 0 Å². The van der Waals surface area contributed by atoms with Crippen molar-refractivity contribution in [1.29, 1.82) is 0 Å². The maximum atomic E-state index is 2.45. The molecule has 12 aromatic carbocycles. The topological polar surface area (TPSA) is 0 Å². The van der Waals surface area contributed by atoms with Crippen molar-refractivity contribution in [3.8, 4) is 77.9 Å². The molecule has 1 aliphatic rings. The Morgan fingerprint density at radius 2 is 0.585 bits per heavy atom. The third kappa shape index (κ3) is 6.06. The van der Waals surface area contributed by atoms with Crippen LogP contribution in [0.25, 0.3) is 121 Å². The van der Waals surface area contributed by atoms with E-state index >= 15 is 0 Å². The second-order valence-electron chi connectivity index (χ2n) is 17.5. The molecule has 0 bridgehead atoms. The zero-order chi connectivity index (χ0) is 42.8. The Balaban J connectivity index is 0.884. The Labute approximate surface area is 379 Å². The molecule has 0 heterocycles. The maximum absolute atomic E-state index is 2.45. The lowest BCUT2D eigenvalue weighted by Gasteiger charge is -2.21. The van der Waals surface area contributed by atoms with Crippen LogP contribution in [0.4, 0.5) is 0 Å². The number of rotatable bonds is 7. The summed E-state index contributed by atoms with van der Waals surface area (Å²) in [5.41, 5.74) is 20.5. The summed E-state index contributed by atoms with van der Waals surface area (Å²) in [4.78, 5) is 0. The first-order chi connectivity index (χ1) is 32.3. The van der Waals surface area contributed by atoms with Gasteiger partial charge < -0.3 is 0 Å². The fourth-order valence-electron chi connectivity index (χ4n) is 11.0.